The maximum absolute atomic E-state index is 13.6. The van der Waals surface area contributed by atoms with Crippen LogP contribution in [0.3, 0.4) is 0 Å². The first-order chi connectivity index (χ1) is 14.6. The number of ether oxygens (including phenoxy) is 1. The van der Waals surface area contributed by atoms with Gasteiger partial charge in [-0.25, -0.2) is 0 Å². The smallest absolute Gasteiger partial charge is 0.393 e. The highest BCUT2D eigenvalue weighted by atomic mass is 19.4. The van der Waals surface area contributed by atoms with Crippen molar-refractivity contribution < 1.29 is 27.5 Å². The molecule has 2 aromatic rings. The molecule has 0 bridgehead atoms. The molecule has 1 fully saturated rings. The molecule has 5 nitrogen and oxygen atoms in total. The van der Waals surface area contributed by atoms with Crippen molar-refractivity contribution in [1.29, 1.82) is 0 Å². The van der Waals surface area contributed by atoms with Crippen LogP contribution in [0.15, 0.2) is 54.6 Å². The van der Waals surface area contributed by atoms with Gasteiger partial charge in [-0.1, -0.05) is 42.5 Å². The van der Waals surface area contributed by atoms with Crippen molar-refractivity contribution in [2.24, 2.45) is 11.8 Å². The molecule has 1 saturated heterocycles. The number of rotatable bonds is 6. The van der Waals surface area contributed by atoms with Gasteiger partial charge in [-0.05, 0) is 30.2 Å². The van der Waals surface area contributed by atoms with Gasteiger partial charge in [0.05, 0.1) is 11.8 Å². The average molecular weight is 434 g/mol. The summed E-state index contributed by atoms with van der Waals surface area (Å²) in [5, 5.41) is 2.63. The van der Waals surface area contributed by atoms with Crippen molar-refractivity contribution in [2.75, 3.05) is 18.4 Å². The molecule has 1 aliphatic heterocycles. The van der Waals surface area contributed by atoms with Crippen LogP contribution in [-0.2, 0) is 20.9 Å². The van der Waals surface area contributed by atoms with Crippen LogP contribution in [0.4, 0.5) is 18.9 Å². The summed E-state index contributed by atoms with van der Waals surface area (Å²) in [5.74, 6) is -4.18. The van der Waals surface area contributed by atoms with Gasteiger partial charge in [0, 0.05) is 32.2 Å². The summed E-state index contributed by atoms with van der Waals surface area (Å²) < 4.78 is 46.4. The van der Waals surface area contributed by atoms with Gasteiger partial charge in [-0.2, -0.15) is 13.2 Å². The van der Waals surface area contributed by atoms with E-state index in [-0.39, 0.29) is 19.0 Å². The second-order valence-electron chi connectivity index (χ2n) is 7.82. The van der Waals surface area contributed by atoms with Gasteiger partial charge in [-0.15, -0.1) is 0 Å². The predicted molar refractivity (Wildman–Crippen MR) is 110 cm³/mol. The molecule has 0 aliphatic carbocycles. The van der Waals surface area contributed by atoms with E-state index in [1.807, 2.05) is 30.3 Å². The maximum atomic E-state index is 13.6. The molecule has 1 N–H and O–H groups in total. The zero-order valence-corrected chi connectivity index (χ0v) is 17.4. The summed E-state index contributed by atoms with van der Waals surface area (Å²) in [5.41, 5.74) is 2.00. The second kappa shape index (κ2) is 9.51. The Labute approximate surface area is 179 Å². The summed E-state index contributed by atoms with van der Waals surface area (Å²) in [6.45, 7) is 3.05. The first-order valence-corrected chi connectivity index (χ1v) is 10.0. The van der Waals surface area contributed by atoms with E-state index in [1.165, 1.54) is 6.92 Å². The van der Waals surface area contributed by atoms with Crippen LogP contribution in [0, 0.1) is 11.8 Å². The zero-order valence-electron chi connectivity index (χ0n) is 17.4. The average Bonchev–Trinajstić information content (AvgIpc) is 3.13. The summed E-state index contributed by atoms with van der Waals surface area (Å²) in [6, 6.07) is 15.9. The van der Waals surface area contributed by atoms with E-state index >= 15 is 0 Å². The first-order valence-electron chi connectivity index (χ1n) is 10.0. The van der Waals surface area contributed by atoms with Gasteiger partial charge >= 0.3 is 12.1 Å². The Kier molecular flexibility index (Phi) is 7.00. The molecule has 2 aromatic carbocycles. The van der Waals surface area contributed by atoms with Crippen LogP contribution in [0.1, 0.15) is 31.1 Å². The highest BCUT2D eigenvalue weighted by Crippen LogP contribution is 2.39. The monoisotopic (exact) mass is 434 g/mol. The number of nitrogens with one attached hydrogen (secondary N) is 1. The van der Waals surface area contributed by atoms with Gasteiger partial charge in [0.2, 0.25) is 5.91 Å². The maximum Gasteiger partial charge on any atom is 0.393 e. The Hall–Kier alpha value is -2.87. The SMILES string of the molecule is CC(=O)Nc1cccc([C@H](C)OC(=O)[C@@H]2CN(Cc3ccccc3)C[C@@H]2C(F)(F)F)c1. The third kappa shape index (κ3) is 6.07. The lowest BCUT2D eigenvalue weighted by molar-refractivity contribution is -0.192. The Morgan fingerprint density at radius 2 is 1.84 bits per heavy atom. The number of likely N-dealkylation sites (tertiary alicyclic amines) is 1. The Balaban J connectivity index is 1.70. The molecule has 1 amide bonds. The zero-order chi connectivity index (χ0) is 22.6. The number of benzene rings is 2. The first kappa shape index (κ1) is 22.8. The lowest BCUT2D eigenvalue weighted by Crippen LogP contribution is -2.35. The number of halogens is 3. The van der Waals surface area contributed by atoms with E-state index in [1.54, 1.807) is 36.1 Å². The highest BCUT2D eigenvalue weighted by Gasteiger charge is 2.53. The molecule has 0 spiro atoms. The molecule has 0 aromatic heterocycles. The van der Waals surface area contributed by atoms with Crippen LogP contribution in [0.25, 0.3) is 0 Å². The molecular formula is C23H25F3N2O3. The Morgan fingerprint density at radius 1 is 1.13 bits per heavy atom. The fourth-order valence-electron chi connectivity index (χ4n) is 3.83. The topological polar surface area (TPSA) is 58.6 Å². The normalized spacial score (nSPS) is 20.3. The molecule has 1 heterocycles. The molecule has 1 aliphatic rings. The van der Waals surface area contributed by atoms with Crippen LogP contribution in [-0.4, -0.2) is 36.0 Å². The lowest BCUT2D eigenvalue weighted by Gasteiger charge is -2.22. The number of nitrogens with zero attached hydrogens (tertiary/aromatic N) is 1. The third-order valence-corrected chi connectivity index (χ3v) is 5.34. The van der Waals surface area contributed by atoms with Crippen LogP contribution >= 0.6 is 0 Å². The van der Waals surface area contributed by atoms with Crippen molar-refractivity contribution in [3.05, 3.63) is 65.7 Å². The number of anilines is 1. The third-order valence-electron chi connectivity index (χ3n) is 5.34. The fraction of sp³-hybridized carbons (Fsp3) is 0.391. The van der Waals surface area contributed by atoms with Crippen molar-refractivity contribution in [3.8, 4) is 0 Å². The lowest BCUT2D eigenvalue weighted by atomic mass is 9.95. The van der Waals surface area contributed by atoms with Gasteiger partial charge in [0.1, 0.15) is 6.10 Å². The van der Waals surface area contributed by atoms with Crippen LogP contribution in [0.5, 0.6) is 0 Å². The van der Waals surface area contributed by atoms with Crippen molar-refractivity contribution in [1.82, 2.24) is 4.90 Å². The number of alkyl halides is 3. The predicted octanol–water partition coefficient (Wildman–Crippen LogP) is 4.56. The Morgan fingerprint density at radius 3 is 2.48 bits per heavy atom. The number of esters is 1. The van der Waals surface area contributed by atoms with E-state index in [0.717, 1.165) is 5.56 Å². The molecule has 3 atom stereocenters. The van der Waals surface area contributed by atoms with E-state index in [9.17, 15) is 22.8 Å². The van der Waals surface area contributed by atoms with Gasteiger partial charge in [0.15, 0.2) is 0 Å². The minimum absolute atomic E-state index is 0.0173. The van der Waals surface area contributed by atoms with Crippen LogP contribution in [0.2, 0.25) is 0 Å². The highest BCUT2D eigenvalue weighted by molar-refractivity contribution is 5.88. The quantitative estimate of drug-likeness (QED) is 0.678. The summed E-state index contributed by atoms with van der Waals surface area (Å²) in [7, 11) is 0. The largest absolute Gasteiger partial charge is 0.458 e. The summed E-state index contributed by atoms with van der Waals surface area (Å²) in [6.07, 6.45) is -5.25. The summed E-state index contributed by atoms with van der Waals surface area (Å²) in [4.78, 5) is 25.6. The van der Waals surface area contributed by atoms with E-state index in [0.29, 0.717) is 17.8 Å². The number of hydrogen-bond acceptors (Lipinski definition) is 4. The van der Waals surface area contributed by atoms with E-state index in [2.05, 4.69) is 5.32 Å². The molecule has 166 valence electrons. The van der Waals surface area contributed by atoms with Gasteiger partial charge in [0.25, 0.3) is 0 Å². The molecule has 8 heteroatoms. The standard InChI is InChI=1S/C23H25F3N2O3/c1-15(18-9-6-10-19(11-18)27-16(2)29)31-22(30)20-13-28(14-21(20)23(24,25)26)12-17-7-4-3-5-8-17/h3-11,15,20-21H,12-14H2,1-2H3,(H,27,29)/t15-,20+,21-/m0/s1. The van der Waals surface area contributed by atoms with E-state index in [4.69, 9.17) is 4.74 Å². The van der Waals surface area contributed by atoms with Gasteiger partial charge in [-0.3, -0.25) is 14.5 Å². The van der Waals surface area contributed by atoms with E-state index < -0.39 is 30.1 Å². The van der Waals surface area contributed by atoms with Gasteiger partial charge < -0.3 is 10.1 Å². The number of carbonyl (C=O) groups excluding carboxylic acids is 2. The minimum Gasteiger partial charge on any atom is -0.458 e. The number of hydrogen-bond donors (Lipinski definition) is 1. The van der Waals surface area contributed by atoms with Crippen LogP contribution < -0.4 is 5.32 Å². The van der Waals surface area contributed by atoms with Crippen molar-refractivity contribution >= 4 is 17.6 Å². The molecule has 0 unspecified atom stereocenters. The molecule has 3 rings (SSSR count). The Bertz CT molecular complexity index is 918. The minimum atomic E-state index is -4.50. The van der Waals surface area contributed by atoms with Crippen molar-refractivity contribution in [3.63, 3.8) is 0 Å². The summed E-state index contributed by atoms with van der Waals surface area (Å²) >= 11 is 0. The number of carbonyl (C=O) groups is 2. The molecule has 31 heavy (non-hydrogen) atoms. The fourth-order valence-corrected chi connectivity index (χ4v) is 3.83. The van der Waals surface area contributed by atoms with Crippen molar-refractivity contribution in [2.45, 2.75) is 32.7 Å². The molecule has 0 saturated carbocycles. The second-order valence-corrected chi connectivity index (χ2v) is 7.82. The number of amides is 1. The molecular weight excluding hydrogens is 409 g/mol. The molecule has 0 radical (unpaired) electrons.